The van der Waals surface area contributed by atoms with Crippen molar-refractivity contribution in [2.24, 2.45) is 0 Å². The van der Waals surface area contributed by atoms with Crippen molar-refractivity contribution in [1.82, 2.24) is 9.55 Å². The molecule has 1 heterocycles. The molecule has 0 aliphatic rings. The summed E-state index contributed by atoms with van der Waals surface area (Å²) >= 11 is 2.20. The van der Waals surface area contributed by atoms with Crippen LogP contribution in [0.2, 0.25) is 0 Å². The molecule has 0 aliphatic carbocycles. The number of hydrogen-bond donors (Lipinski definition) is 1. The van der Waals surface area contributed by atoms with E-state index in [4.69, 9.17) is 4.98 Å². The molecule has 4 nitrogen and oxygen atoms in total. The van der Waals surface area contributed by atoms with Gasteiger partial charge >= 0.3 is 0 Å². The second kappa shape index (κ2) is 8.00. The number of aromatic nitrogens is 2. The van der Waals surface area contributed by atoms with Crippen molar-refractivity contribution in [3.8, 4) is 11.4 Å². The third kappa shape index (κ3) is 3.61. The van der Waals surface area contributed by atoms with Crippen molar-refractivity contribution in [1.29, 1.82) is 0 Å². The van der Waals surface area contributed by atoms with Gasteiger partial charge in [-0.2, -0.15) is 0 Å². The summed E-state index contributed by atoms with van der Waals surface area (Å²) < 4.78 is 2.59. The quantitative estimate of drug-likeness (QED) is 0.299. The lowest BCUT2D eigenvalue weighted by atomic mass is 10.0. The number of nitrogens with zero attached hydrogens (tertiary/aromatic N) is 2. The summed E-state index contributed by atoms with van der Waals surface area (Å²) in [6, 6.07) is 26.6. The predicted octanol–water partition coefficient (Wildman–Crippen LogP) is 6.02. The summed E-state index contributed by atoms with van der Waals surface area (Å²) in [6.07, 6.45) is 3.60. The molecule has 5 rings (SSSR count). The predicted molar refractivity (Wildman–Crippen MR) is 135 cm³/mol. The van der Waals surface area contributed by atoms with Gasteiger partial charge in [0.15, 0.2) is 0 Å². The van der Waals surface area contributed by atoms with E-state index in [1.165, 1.54) is 0 Å². The number of rotatable bonds is 3. The van der Waals surface area contributed by atoms with Gasteiger partial charge in [-0.15, -0.1) is 0 Å². The monoisotopic (exact) mass is 516 g/mol. The zero-order chi connectivity index (χ0) is 21.4. The largest absolute Gasteiger partial charge is 0.507 e. The molecule has 0 aliphatic heterocycles. The van der Waals surface area contributed by atoms with Gasteiger partial charge in [0.1, 0.15) is 11.6 Å². The van der Waals surface area contributed by atoms with Crippen LogP contribution in [0.1, 0.15) is 11.4 Å². The minimum Gasteiger partial charge on any atom is -0.507 e. The van der Waals surface area contributed by atoms with Crippen LogP contribution in [-0.2, 0) is 0 Å². The summed E-state index contributed by atoms with van der Waals surface area (Å²) in [5, 5.41) is 13.0. The second-order valence-electron chi connectivity index (χ2n) is 7.16. The molecule has 0 saturated carbocycles. The fraction of sp³-hybridized carbons (Fsp3) is 0. The van der Waals surface area contributed by atoms with Crippen molar-refractivity contribution in [3.63, 3.8) is 0 Å². The molecule has 4 aromatic carbocycles. The first-order valence-electron chi connectivity index (χ1n) is 9.78. The van der Waals surface area contributed by atoms with E-state index in [0.717, 1.165) is 20.0 Å². The van der Waals surface area contributed by atoms with Crippen LogP contribution >= 0.6 is 22.6 Å². The van der Waals surface area contributed by atoms with Gasteiger partial charge in [0.2, 0.25) is 0 Å². The topological polar surface area (TPSA) is 55.1 Å². The van der Waals surface area contributed by atoms with E-state index >= 15 is 0 Å². The number of fused-ring (bicyclic) bond motifs is 2. The molecular weight excluding hydrogens is 499 g/mol. The zero-order valence-corrected chi connectivity index (χ0v) is 18.5. The summed E-state index contributed by atoms with van der Waals surface area (Å²) in [4.78, 5) is 18.2. The number of aromatic hydroxyl groups is 1. The molecular formula is C26H17IN2O2. The van der Waals surface area contributed by atoms with Crippen LogP contribution in [0.5, 0.6) is 5.75 Å². The lowest BCUT2D eigenvalue weighted by molar-refractivity contribution is 0.475. The Bertz CT molecular complexity index is 1520. The van der Waals surface area contributed by atoms with Crippen LogP contribution in [0.25, 0.3) is 39.5 Å². The summed E-state index contributed by atoms with van der Waals surface area (Å²) in [5.74, 6) is 0.677. The number of phenolic OH excluding ortho intramolecular Hbond substituents is 1. The minimum atomic E-state index is -0.128. The van der Waals surface area contributed by atoms with Crippen LogP contribution in [0.3, 0.4) is 0 Å². The molecule has 0 unspecified atom stereocenters. The molecule has 5 heteroatoms. The fourth-order valence-electron chi connectivity index (χ4n) is 3.73. The summed E-state index contributed by atoms with van der Waals surface area (Å²) in [6.45, 7) is 0. The van der Waals surface area contributed by atoms with Crippen molar-refractivity contribution in [3.05, 3.63) is 110 Å². The number of halogens is 1. The van der Waals surface area contributed by atoms with Gasteiger partial charge in [0, 0.05) is 9.13 Å². The third-order valence-electron chi connectivity index (χ3n) is 5.22. The molecule has 0 bridgehead atoms. The normalized spacial score (nSPS) is 11.5. The van der Waals surface area contributed by atoms with E-state index in [0.29, 0.717) is 22.3 Å². The zero-order valence-electron chi connectivity index (χ0n) is 16.4. The van der Waals surface area contributed by atoms with Crippen LogP contribution in [0.4, 0.5) is 0 Å². The van der Waals surface area contributed by atoms with E-state index in [1.807, 2.05) is 84.9 Å². The molecule has 5 aromatic rings. The number of hydrogen-bond acceptors (Lipinski definition) is 3. The Labute approximate surface area is 192 Å². The molecule has 0 spiro atoms. The van der Waals surface area contributed by atoms with Gasteiger partial charge in [-0.05, 0) is 81.9 Å². The van der Waals surface area contributed by atoms with Gasteiger partial charge in [0.25, 0.3) is 5.56 Å². The first kappa shape index (κ1) is 19.5. The Kier molecular flexibility index (Phi) is 5.03. The van der Waals surface area contributed by atoms with Gasteiger partial charge in [0.05, 0.1) is 16.6 Å². The molecule has 0 saturated heterocycles. The molecule has 0 atom stereocenters. The van der Waals surface area contributed by atoms with E-state index in [9.17, 15) is 9.90 Å². The number of benzene rings is 4. The second-order valence-corrected chi connectivity index (χ2v) is 8.41. The number of para-hydroxylation sites is 1. The Morgan fingerprint density at radius 2 is 1.61 bits per heavy atom. The van der Waals surface area contributed by atoms with E-state index < -0.39 is 0 Å². The lowest BCUT2D eigenvalue weighted by Gasteiger charge is -2.12. The van der Waals surface area contributed by atoms with Crippen molar-refractivity contribution in [2.45, 2.75) is 0 Å². The first-order chi connectivity index (χ1) is 15.1. The van der Waals surface area contributed by atoms with Crippen molar-refractivity contribution in [2.75, 3.05) is 0 Å². The van der Waals surface area contributed by atoms with Gasteiger partial charge in [-0.3, -0.25) is 9.36 Å². The van der Waals surface area contributed by atoms with Gasteiger partial charge < -0.3 is 5.11 Å². The van der Waals surface area contributed by atoms with Crippen molar-refractivity contribution < 1.29 is 5.11 Å². The van der Waals surface area contributed by atoms with E-state index in [2.05, 4.69) is 22.6 Å². The molecule has 0 amide bonds. The summed E-state index contributed by atoms with van der Waals surface area (Å²) in [7, 11) is 0. The highest BCUT2D eigenvalue weighted by Gasteiger charge is 2.12. The summed E-state index contributed by atoms with van der Waals surface area (Å²) in [5.41, 5.74) is 1.94. The minimum absolute atomic E-state index is 0.128. The maximum absolute atomic E-state index is 13.4. The molecule has 0 fully saturated rings. The maximum atomic E-state index is 13.4. The van der Waals surface area contributed by atoms with Crippen LogP contribution in [-0.4, -0.2) is 14.7 Å². The maximum Gasteiger partial charge on any atom is 0.266 e. The molecule has 0 radical (unpaired) electrons. The lowest BCUT2D eigenvalue weighted by Crippen LogP contribution is -2.22. The standard InChI is InChI=1S/C26H17IN2O2/c27-18-11-13-23-22(16-18)26(31)29(19-7-2-1-3-8-19)25(28-23)15-12-21-20-9-5-4-6-17(20)10-14-24(21)30/h1-16,30H/b15-12+. The Hall–Kier alpha value is -3.45. The Morgan fingerprint density at radius 1 is 0.839 bits per heavy atom. The molecule has 1 N–H and O–H groups in total. The van der Waals surface area contributed by atoms with Crippen LogP contribution in [0.15, 0.2) is 89.7 Å². The van der Waals surface area contributed by atoms with Crippen LogP contribution < -0.4 is 5.56 Å². The van der Waals surface area contributed by atoms with E-state index in [-0.39, 0.29) is 11.3 Å². The molecule has 1 aromatic heterocycles. The highest BCUT2D eigenvalue weighted by molar-refractivity contribution is 14.1. The number of phenols is 1. The Balaban J connectivity index is 1.77. The first-order valence-corrected chi connectivity index (χ1v) is 10.9. The highest BCUT2D eigenvalue weighted by Crippen LogP contribution is 2.29. The molecule has 31 heavy (non-hydrogen) atoms. The van der Waals surface area contributed by atoms with Gasteiger partial charge in [-0.25, -0.2) is 4.98 Å². The van der Waals surface area contributed by atoms with Gasteiger partial charge in [-0.1, -0.05) is 48.5 Å². The third-order valence-corrected chi connectivity index (χ3v) is 5.89. The molecule has 150 valence electrons. The van der Waals surface area contributed by atoms with Crippen molar-refractivity contribution >= 4 is 56.4 Å². The SMILES string of the molecule is O=c1c2cc(I)ccc2nc(/C=C/c2c(O)ccc3ccccc23)n1-c1ccccc1. The average Bonchev–Trinajstić information content (AvgIpc) is 2.79. The van der Waals surface area contributed by atoms with E-state index in [1.54, 1.807) is 16.7 Å². The highest BCUT2D eigenvalue weighted by atomic mass is 127. The average molecular weight is 516 g/mol. The van der Waals surface area contributed by atoms with Crippen LogP contribution in [0, 0.1) is 3.57 Å². The Morgan fingerprint density at radius 3 is 2.45 bits per heavy atom. The smallest absolute Gasteiger partial charge is 0.266 e. The fourth-order valence-corrected chi connectivity index (χ4v) is 4.22.